The van der Waals surface area contributed by atoms with Crippen LogP contribution < -0.4 is 5.43 Å². The fourth-order valence-electron chi connectivity index (χ4n) is 2.51. The molecule has 0 aliphatic carbocycles. The summed E-state index contributed by atoms with van der Waals surface area (Å²) in [5.41, 5.74) is 2.97. The Labute approximate surface area is 125 Å². The fraction of sp³-hybridized carbons (Fsp3) is 0.286. The standard InChI is InChI=1S/C14H11N5O3/c1-8-12(14(20)18-17-8)13(10(6-15)7-16)9-3-2-4-11(5-9)19(21)22/h2-5,10,12-13H,1H3,(H,18,20)/t12-,13-/m1/s1. The lowest BCUT2D eigenvalue weighted by Gasteiger charge is -2.22. The summed E-state index contributed by atoms with van der Waals surface area (Å²) in [6.07, 6.45) is 0. The molecule has 0 unspecified atom stereocenters. The number of nitriles is 2. The molecule has 1 aromatic carbocycles. The lowest BCUT2D eigenvalue weighted by Crippen LogP contribution is -2.32. The van der Waals surface area contributed by atoms with Crippen LogP contribution in [0.25, 0.3) is 0 Å². The van der Waals surface area contributed by atoms with Crippen LogP contribution in [-0.2, 0) is 4.79 Å². The van der Waals surface area contributed by atoms with Crippen molar-refractivity contribution in [1.29, 1.82) is 10.5 Å². The molecule has 0 spiro atoms. The number of rotatable bonds is 4. The quantitative estimate of drug-likeness (QED) is 0.663. The van der Waals surface area contributed by atoms with E-state index in [0.717, 1.165) is 0 Å². The Morgan fingerprint density at radius 2 is 2.09 bits per heavy atom. The van der Waals surface area contributed by atoms with Gasteiger partial charge in [0.15, 0.2) is 0 Å². The van der Waals surface area contributed by atoms with Crippen LogP contribution in [0, 0.1) is 44.6 Å². The molecular weight excluding hydrogens is 286 g/mol. The van der Waals surface area contributed by atoms with Crippen LogP contribution >= 0.6 is 0 Å². The second kappa shape index (κ2) is 6.02. The Morgan fingerprint density at radius 3 is 2.59 bits per heavy atom. The zero-order valence-corrected chi connectivity index (χ0v) is 11.6. The van der Waals surface area contributed by atoms with Crippen molar-refractivity contribution in [3.05, 3.63) is 39.9 Å². The fourth-order valence-corrected chi connectivity index (χ4v) is 2.51. The average Bonchev–Trinajstić information content (AvgIpc) is 2.84. The highest BCUT2D eigenvalue weighted by Crippen LogP contribution is 2.36. The molecule has 0 aromatic heterocycles. The summed E-state index contributed by atoms with van der Waals surface area (Å²) in [5, 5.41) is 33.1. The van der Waals surface area contributed by atoms with Crippen molar-refractivity contribution in [1.82, 2.24) is 5.43 Å². The van der Waals surface area contributed by atoms with Crippen molar-refractivity contribution in [3.63, 3.8) is 0 Å². The summed E-state index contributed by atoms with van der Waals surface area (Å²) in [6.45, 7) is 1.61. The molecule has 1 N–H and O–H groups in total. The summed E-state index contributed by atoms with van der Waals surface area (Å²) in [6, 6.07) is 9.33. The SMILES string of the molecule is CC1=NNC(=O)[C@H]1[C@H](c1cccc([N+](=O)[O-])c1)C(C#N)C#N. The minimum Gasteiger partial charge on any atom is -0.272 e. The molecule has 0 saturated carbocycles. The summed E-state index contributed by atoms with van der Waals surface area (Å²) in [5.74, 6) is -3.17. The molecule has 8 nitrogen and oxygen atoms in total. The maximum Gasteiger partial charge on any atom is 0.269 e. The van der Waals surface area contributed by atoms with E-state index >= 15 is 0 Å². The summed E-state index contributed by atoms with van der Waals surface area (Å²) in [7, 11) is 0. The Kier molecular flexibility index (Phi) is 4.14. The van der Waals surface area contributed by atoms with Crippen LogP contribution in [0.2, 0.25) is 0 Å². The number of non-ortho nitro benzene ring substituents is 1. The van der Waals surface area contributed by atoms with Crippen LogP contribution in [0.15, 0.2) is 29.4 Å². The molecule has 1 aliphatic rings. The predicted molar refractivity (Wildman–Crippen MR) is 75.3 cm³/mol. The van der Waals surface area contributed by atoms with Gasteiger partial charge in [-0.2, -0.15) is 15.6 Å². The number of hydrogen-bond donors (Lipinski definition) is 1. The van der Waals surface area contributed by atoms with E-state index in [0.29, 0.717) is 11.3 Å². The molecule has 0 bridgehead atoms. The monoisotopic (exact) mass is 297 g/mol. The zero-order chi connectivity index (χ0) is 16.3. The van der Waals surface area contributed by atoms with Gasteiger partial charge in [0, 0.05) is 23.8 Å². The highest BCUT2D eigenvalue weighted by molar-refractivity contribution is 6.07. The van der Waals surface area contributed by atoms with E-state index in [9.17, 15) is 25.4 Å². The Hall–Kier alpha value is -3.26. The third kappa shape index (κ3) is 2.63. The molecule has 1 heterocycles. The van der Waals surface area contributed by atoms with E-state index in [4.69, 9.17) is 0 Å². The van der Waals surface area contributed by atoms with Gasteiger partial charge in [-0.05, 0) is 12.5 Å². The van der Waals surface area contributed by atoms with Gasteiger partial charge in [-0.15, -0.1) is 0 Å². The van der Waals surface area contributed by atoms with E-state index in [1.54, 1.807) is 13.0 Å². The van der Waals surface area contributed by atoms with Gasteiger partial charge in [0.2, 0.25) is 5.91 Å². The largest absolute Gasteiger partial charge is 0.272 e. The number of nitrogens with one attached hydrogen (secondary N) is 1. The molecule has 2 rings (SSSR count). The van der Waals surface area contributed by atoms with E-state index in [1.165, 1.54) is 18.2 Å². The van der Waals surface area contributed by atoms with E-state index in [2.05, 4.69) is 10.5 Å². The van der Waals surface area contributed by atoms with Gasteiger partial charge in [0.25, 0.3) is 5.69 Å². The Bertz CT molecular complexity index is 730. The third-order valence-electron chi connectivity index (χ3n) is 3.54. The van der Waals surface area contributed by atoms with Gasteiger partial charge in [-0.25, -0.2) is 5.43 Å². The summed E-state index contributed by atoms with van der Waals surface area (Å²) in [4.78, 5) is 22.3. The molecule has 110 valence electrons. The smallest absolute Gasteiger partial charge is 0.269 e. The van der Waals surface area contributed by atoms with Gasteiger partial charge in [0.1, 0.15) is 5.92 Å². The second-order valence-electron chi connectivity index (χ2n) is 4.82. The first-order valence-electron chi connectivity index (χ1n) is 6.37. The average molecular weight is 297 g/mol. The van der Waals surface area contributed by atoms with E-state index in [-0.39, 0.29) is 5.69 Å². The molecule has 22 heavy (non-hydrogen) atoms. The lowest BCUT2D eigenvalue weighted by molar-refractivity contribution is -0.384. The normalized spacial score (nSPS) is 18.1. The first kappa shape index (κ1) is 15.1. The van der Waals surface area contributed by atoms with Crippen molar-refractivity contribution >= 4 is 17.3 Å². The van der Waals surface area contributed by atoms with Crippen molar-refractivity contribution in [2.24, 2.45) is 16.9 Å². The van der Waals surface area contributed by atoms with Crippen LogP contribution in [0.4, 0.5) is 5.69 Å². The molecule has 0 fully saturated rings. The molecular formula is C14H11N5O3. The molecule has 0 saturated heterocycles. The number of carbonyl (C=O) groups is 1. The number of hydrogen-bond acceptors (Lipinski definition) is 6. The molecule has 0 radical (unpaired) electrons. The van der Waals surface area contributed by atoms with Gasteiger partial charge >= 0.3 is 0 Å². The first-order chi connectivity index (χ1) is 10.5. The summed E-state index contributed by atoms with van der Waals surface area (Å²) < 4.78 is 0. The maximum absolute atomic E-state index is 12.0. The third-order valence-corrected chi connectivity index (χ3v) is 3.54. The first-order valence-corrected chi connectivity index (χ1v) is 6.37. The lowest BCUT2D eigenvalue weighted by atomic mass is 9.76. The van der Waals surface area contributed by atoms with Gasteiger partial charge in [-0.3, -0.25) is 14.9 Å². The van der Waals surface area contributed by atoms with Crippen LogP contribution in [-0.4, -0.2) is 16.5 Å². The number of carbonyl (C=O) groups excluding carboxylic acids is 1. The van der Waals surface area contributed by atoms with E-state index < -0.39 is 28.6 Å². The summed E-state index contributed by atoms with van der Waals surface area (Å²) >= 11 is 0. The van der Waals surface area contributed by atoms with Crippen LogP contribution in [0.5, 0.6) is 0 Å². The zero-order valence-electron chi connectivity index (χ0n) is 11.6. The highest BCUT2D eigenvalue weighted by atomic mass is 16.6. The molecule has 1 aliphatic heterocycles. The number of nitro groups is 1. The van der Waals surface area contributed by atoms with Crippen molar-refractivity contribution < 1.29 is 9.72 Å². The predicted octanol–water partition coefficient (Wildman–Crippen LogP) is 1.46. The maximum atomic E-state index is 12.0. The number of amides is 1. The molecule has 1 amide bonds. The number of nitrogens with zero attached hydrogens (tertiary/aromatic N) is 4. The van der Waals surface area contributed by atoms with Gasteiger partial charge in [-0.1, -0.05) is 12.1 Å². The molecule has 2 atom stereocenters. The second-order valence-corrected chi connectivity index (χ2v) is 4.82. The minimum atomic E-state index is -1.12. The number of benzene rings is 1. The Balaban J connectivity index is 2.55. The van der Waals surface area contributed by atoms with Gasteiger partial charge < -0.3 is 0 Å². The van der Waals surface area contributed by atoms with Crippen LogP contribution in [0.3, 0.4) is 0 Å². The molecule has 1 aromatic rings. The number of nitro benzene ring substituents is 1. The number of hydrazone groups is 1. The van der Waals surface area contributed by atoms with Gasteiger partial charge in [0.05, 0.1) is 23.0 Å². The van der Waals surface area contributed by atoms with Crippen molar-refractivity contribution in [2.75, 3.05) is 0 Å². The molecule has 8 heteroatoms. The highest BCUT2D eigenvalue weighted by Gasteiger charge is 2.41. The van der Waals surface area contributed by atoms with E-state index in [1.807, 2.05) is 12.1 Å². The van der Waals surface area contributed by atoms with Crippen molar-refractivity contribution in [3.8, 4) is 12.1 Å². The minimum absolute atomic E-state index is 0.162. The van der Waals surface area contributed by atoms with Crippen molar-refractivity contribution in [2.45, 2.75) is 12.8 Å². The topological polar surface area (TPSA) is 132 Å². The Morgan fingerprint density at radius 1 is 1.41 bits per heavy atom. The van der Waals surface area contributed by atoms with Crippen LogP contribution in [0.1, 0.15) is 18.4 Å².